The summed E-state index contributed by atoms with van der Waals surface area (Å²) in [6, 6.07) is 17.9. The largest absolute Gasteiger partial charge is 0.492 e. The van der Waals surface area contributed by atoms with Crippen LogP contribution in [0.25, 0.3) is 0 Å². The second-order valence-corrected chi connectivity index (χ2v) is 6.12. The Kier molecular flexibility index (Phi) is 6.87. The third kappa shape index (κ3) is 5.75. The van der Waals surface area contributed by atoms with Gasteiger partial charge < -0.3 is 25.4 Å². The lowest BCUT2D eigenvalue weighted by Gasteiger charge is -2.25. The van der Waals surface area contributed by atoms with Crippen LogP contribution in [0.1, 0.15) is 17.2 Å². The molecule has 1 aliphatic rings. The SMILES string of the molecule is O=C(NCCOc1cccc(C2CNCCN2)c1)OCc1ccccc1. The van der Waals surface area contributed by atoms with Gasteiger partial charge in [0.25, 0.3) is 0 Å². The van der Waals surface area contributed by atoms with Crippen LogP contribution < -0.4 is 20.7 Å². The van der Waals surface area contributed by atoms with E-state index in [1.54, 1.807) is 0 Å². The molecule has 2 aromatic rings. The van der Waals surface area contributed by atoms with E-state index < -0.39 is 6.09 Å². The molecule has 6 nitrogen and oxygen atoms in total. The van der Waals surface area contributed by atoms with Crippen LogP contribution in [0, 0.1) is 0 Å². The topological polar surface area (TPSA) is 71.6 Å². The van der Waals surface area contributed by atoms with E-state index in [2.05, 4.69) is 22.0 Å². The average Bonchev–Trinajstić information content (AvgIpc) is 2.71. The van der Waals surface area contributed by atoms with Gasteiger partial charge in [-0.2, -0.15) is 0 Å². The number of amides is 1. The summed E-state index contributed by atoms with van der Waals surface area (Å²) in [6.07, 6.45) is -0.441. The van der Waals surface area contributed by atoms with Crippen molar-refractivity contribution < 1.29 is 14.3 Å². The van der Waals surface area contributed by atoms with E-state index in [0.29, 0.717) is 19.2 Å². The number of rotatable bonds is 7. The summed E-state index contributed by atoms with van der Waals surface area (Å²) in [6.45, 7) is 3.92. The monoisotopic (exact) mass is 355 g/mol. The lowest BCUT2D eigenvalue weighted by molar-refractivity contribution is 0.137. The quantitative estimate of drug-likeness (QED) is 0.665. The van der Waals surface area contributed by atoms with Crippen molar-refractivity contribution in [3.8, 4) is 5.75 Å². The molecule has 6 heteroatoms. The molecular weight excluding hydrogens is 330 g/mol. The minimum atomic E-state index is -0.441. The Labute approximate surface area is 153 Å². The van der Waals surface area contributed by atoms with Gasteiger partial charge >= 0.3 is 6.09 Å². The predicted molar refractivity (Wildman–Crippen MR) is 100 cm³/mol. The zero-order valence-corrected chi connectivity index (χ0v) is 14.7. The second-order valence-electron chi connectivity index (χ2n) is 6.12. The van der Waals surface area contributed by atoms with E-state index in [9.17, 15) is 4.79 Å². The van der Waals surface area contributed by atoms with E-state index in [-0.39, 0.29) is 6.61 Å². The maximum absolute atomic E-state index is 11.7. The van der Waals surface area contributed by atoms with Crippen molar-refractivity contribution in [3.05, 3.63) is 65.7 Å². The van der Waals surface area contributed by atoms with Gasteiger partial charge in [0, 0.05) is 25.7 Å². The fourth-order valence-electron chi connectivity index (χ4n) is 2.81. The molecule has 0 bridgehead atoms. The molecule has 1 fully saturated rings. The summed E-state index contributed by atoms with van der Waals surface area (Å²) < 4.78 is 10.9. The number of nitrogens with one attached hydrogen (secondary N) is 3. The summed E-state index contributed by atoms with van der Waals surface area (Å²) in [5.74, 6) is 0.800. The summed E-state index contributed by atoms with van der Waals surface area (Å²) in [4.78, 5) is 11.7. The fraction of sp³-hybridized carbons (Fsp3) is 0.350. The molecule has 3 rings (SSSR count). The van der Waals surface area contributed by atoms with Crippen LogP contribution in [0.4, 0.5) is 4.79 Å². The van der Waals surface area contributed by atoms with Crippen molar-refractivity contribution in [1.29, 1.82) is 0 Å². The van der Waals surface area contributed by atoms with Crippen molar-refractivity contribution in [3.63, 3.8) is 0 Å². The first kappa shape index (κ1) is 18.2. The number of carbonyl (C=O) groups is 1. The Morgan fingerprint density at radius 3 is 2.81 bits per heavy atom. The number of alkyl carbamates (subject to hydrolysis) is 1. The smallest absolute Gasteiger partial charge is 0.407 e. The normalized spacial score (nSPS) is 16.7. The number of ether oxygens (including phenoxy) is 2. The van der Waals surface area contributed by atoms with Crippen LogP contribution in [0.5, 0.6) is 5.75 Å². The van der Waals surface area contributed by atoms with Crippen molar-refractivity contribution in [2.45, 2.75) is 12.6 Å². The third-order valence-corrected chi connectivity index (χ3v) is 4.15. The van der Waals surface area contributed by atoms with Crippen molar-refractivity contribution in [2.24, 2.45) is 0 Å². The molecule has 26 heavy (non-hydrogen) atoms. The highest BCUT2D eigenvalue weighted by molar-refractivity contribution is 5.67. The molecule has 1 saturated heterocycles. The van der Waals surface area contributed by atoms with Gasteiger partial charge in [-0.3, -0.25) is 0 Å². The Morgan fingerprint density at radius 1 is 1.12 bits per heavy atom. The zero-order chi connectivity index (χ0) is 18.0. The maximum Gasteiger partial charge on any atom is 0.407 e. The first-order valence-electron chi connectivity index (χ1n) is 8.93. The van der Waals surface area contributed by atoms with Gasteiger partial charge in [0.05, 0.1) is 6.54 Å². The zero-order valence-electron chi connectivity index (χ0n) is 14.7. The predicted octanol–water partition coefficient (Wildman–Crippen LogP) is 2.23. The maximum atomic E-state index is 11.7. The second kappa shape index (κ2) is 9.79. The molecule has 0 aliphatic carbocycles. The fourth-order valence-corrected chi connectivity index (χ4v) is 2.81. The van der Waals surface area contributed by atoms with Gasteiger partial charge in [-0.1, -0.05) is 42.5 Å². The van der Waals surface area contributed by atoms with Crippen LogP contribution in [-0.2, 0) is 11.3 Å². The van der Waals surface area contributed by atoms with Crippen LogP contribution in [0.2, 0.25) is 0 Å². The Balaban J connectivity index is 1.36. The lowest BCUT2D eigenvalue weighted by atomic mass is 10.1. The van der Waals surface area contributed by atoms with E-state index in [1.807, 2.05) is 48.5 Å². The van der Waals surface area contributed by atoms with Crippen LogP contribution in [0.3, 0.4) is 0 Å². The van der Waals surface area contributed by atoms with Gasteiger partial charge in [0.1, 0.15) is 19.0 Å². The molecule has 1 amide bonds. The lowest BCUT2D eigenvalue weighted by Crippen LogP contribution is -2.42. The number of benzene rings is 2. The van der Waals surface area contributed by atoms with E-state index >= 15 is 0 Å². The highest BCUT2D eigenvalue weighted by Crippen LogP contribution is 2.19. The van der Waals surface area contributed by atoms with Crippen LogP contribution >= 0.6 is 0 Å². The molecular formula is C20H25N3O3. The first-order chi connectivity index (χ1) is 12.8. The van der Waals surface area contributed by atoms with Crippen molar-refractivity contribution in [2.75, 3.05) is 32.8 Å². The molecule has 1 atom stereocenters. The van der Waals surface area contributed by atoms with Crippen molar-refractivity contribution in [1.82, 2.24) is 16.0 Å². The van der Waals surface area contributed by atoms with E-state index in [1.165, 1.54) is 5.56 Å². The standard InChI is InChI=1S/C20H25N3O3/c24-20(26-15-16-5-2-1-3-6-16)23-11-12-25-18-8-4-7-17(13-18)19-14-21-9-10-22-19/h1-8,13,19,21-22H,9-12,14-15H2,(H,23,24). The molecule has 138 valence electrons. The Morgan fingerprint density at radius 2 is 2.00 bits per heavy atom. The van der Waals surface area contributed by atoms with Gasteiger partial charge in [0.2, 0.25) is 0 Å². The molecule has 3 N–H and O–H groups in total. The Bertz CT molecular complexity index is 688. The average molecular weight is 355 g/mol. The minimum Gasteiger partial charge on any atom is -0.492 e. The highest BCUT2D eigenvalue weighted by Gasteiger charge is 2.14. The third-order valence-electron chi connectivity index (χ3n) is 4.15. The van der Waals surface area contributed by atoms with Gasteiger partial charge in [-0.05, 0) is 23.3 Å². The van der Waals surface area contributed by atoms with Gasteiger partial charge in [-0.15, -0.1) is 0 Å². The molecule has 0 saturated carbocycles. The summed E-state index contributed by atoms with van der Waals surface area (Å²) in [7, 11) is 0. The minimum absolute atomic E-state index is 0.262. The molecule has 0 radical (unpaired) electrons. The molecule has 1 heterocycles. The van der Waals surface area contributed by atoms with Gasteiger partial charge in [0.15, 0.2) is 0 Å². The first-order valence-corrected chi connectivity index (χ1v) is 8.93. The summed E-state index contributed by atoms with van der Waals surface area (Å²) in [5.41, 5.74) is 2.16. The molecule has 2 aromatic carbocycles. The Hall–Kier alpha value is -2.57. The van der Waals surface area contributed by atoms with E-state index in [4.69, 9.17) is 9.47 Å². The number of hydrogen-bond acceptors (Lipinski definition) is 5. The number of hydrogen-bond donors (Lipinski definition) is 3. The van der Waals surface area contributed by atoms with Crippen LogP contribution in [-0.4, -0.2) is 38.9 Å². The molecule has 1 aliphatic heterocycles. The molecule has 0 spiro atoms. The summed E-state index contributed by atoms with van der Waals surface area (Å²) in [5, 5.41) is 9.55. The number of piperazine rings is 1. The summed E-state index contributed by atoms with van der Waals surface area (Å²) >= 11 is 0. The van der Waals surface area contributed by atoms with Crippen molar-refractivity contribution >= 4 is 6.09 Å². The highest BCUT2D eigenvalue weighted by atomic mass is 16.5. The molecule has 0 aromatic heterocycles. The van der Waals surface area contributed by atoms with Crippen LogP contribution in [0.15, 0.2) is 54.6 Å². The van der Waals surface area contributed by atoms with Gasteiger partial charge in [-0.25, -0.2) is 4.79 Å². The molecule has 1 unspecified atom stereocenters. The number of carbonyl (C=O) groups excluding carboxylic acids is 1. The van der Waals surface area contributed by atoms with E-state index in [0.717, 1.165) is 30.9 Å².